The van der Waals surface area contributed by atoms with E-state index in [1.165, 1.54) is 17.4 Å². The minimum atomic E-state index is -0.395. The van der Waals surface area contributed by atoms with Crippen LogP contribution in [0.5, 0.6) is 0 Å². The Morgan fingerprint density at radius 3 is 2.89 bits per heavy atom. The lowest BCUT2D eigenvalue weighted by Gasteiger charge is -2.02. The first-order valence-corrected chi connectivity index (χ1v) is 6.46. The van der Waals surface area contributed by atoms with Crippen molar-refractivity contribution in [1.82, 2.24) is 4.98 Å². The maximum Gasteiger partial charge on any atom is 0.278 e. The maximum atomic E-state index is 10.9. The van der Waals surface area contributed by atoms with Gasteiger partial charge < -0.3 is 5.73 Å². The highest BCUT2D eigenvalue weighted by Gasteiger charge is 2.17. The van der Waals surface area contributed by atoms with Gasteiger partial charge in [0.05, 0.1) is 22.2 Å². The molecule has 0 fully saturated rings. The van der Waals surface area contributed by atoms with Gasteiger partial charge in [0, 0.05) is 11.4 Å². The van der Waals surface area contributed by atoms with Crippen LogP contribution in [0, 0.1) is 10.1 Å². The summed E-state index contributed by atoms with van der Waals surface area (Å²) in [5.74, 6) is 0. The van der Waals surface area contributed by atoms with Crippen molar-refractivity contribution < 1.29 is 4.92 Å². The predicted molar refractivity (Wildman–Crippen MR) is 71.4 cm³/mol. The Kier molecular flexibility index (Phi) is 3.69. The van der Waals surface area contributed by atoms with Crippen molar-refractivity contribution in [3.8, 4) is 11.3 Å². The number of aromatic nitrogens is 1. The Bertz CT molecular complexity index is 568. The number of nitro benzene ring substituents is 1. The van der Waals surface area contributed by atoms with Gasteiger partial charge in [-0.25, -0.2) is 4.98 Å². The van der Waals surface area contributed by atoms with Gasteiger partial charge >= 0.3 is 0 Å². The number of benzene rings is 1. The lowest BCUT2D eigenvalue weighted by Crippen LogP contribution is -2.07. The monoisotopic (exact) mass is 263 g/mol. The number of nitrogens with two attached hydrogens (primary N) is 1. The molecule has 1 aromatic heterocycles. The molecule has 1 aromatic carbocycles. The summed E-state index contributed by atoms with van der Waals surface area (Å²) in [7, 11) is 0. The van der Waals surface area contributed by atoms with Crippen LogP contribution in [0.3, 0.4) is 0 Å². The Hall–Kier alpha value is -1.79. The molecule has 0 radical (unpaired) electrons. The molecular weight excluding hydrogens is 250 g/mol. The number of hydrogen-bond acceptors (Lipinski definition) is 5. The van der Waals surface area contributed by atoms with E-state index < -0.39 is 4.92 Å². The van der Waals surface area contributed by atoms with Crippen molar-refractivity contribution in [3.05, 3.63) is 44.8 Å². The molecule has 0 amide bonds. The fraction of sp³-hybridized carbons (Fsp3) is 0.250. The largest absolute Gasteiger partial charge is 0.322 e. The third-order valence-corrected chi connectivity index (χ3v) is 3.63. The highest BCUT2D eigenvalue weighted by Crippen LogP contribution is 2.31. The molecule has 0 aliphatic carbocycles. The van der Waals surface area contributed by atoms with Gasteiger partial charge in [0.1, 0.15) is 5.01 Å². The fourth-order valence-electron chi connectivity index (χ4n) is 1.61. The Labute approximate surface area is 108 Å². The molecule has 0 saturated carbocycles. The maximum absolute atomic E-state index is 10.9. The molecule has 1 atom stereocenters. The molecule has 2 rings (SSSR count). The molecule has 1 unspecified atom stereocenters. The third kappa shape index (κ3) is 2.39. The summed E-state index contributed by atoms with van der Waals surface area (Å²) in [6.45, 7) is 1.98. The summed E-state index contributed by atoms with van der Waals surface area (Å²) in [5.41, 5.74) is 7.12. The molecule has 0 saturated heterocycles. The number of hydrogen-bond donors (Lipinski definition) is 1. The van der Waals surface area contributed by atoms with Crippen LogP contribution in [0.1, 0.15) is 24.4 Å². The number of rotatable bonds is 4. The van der Waals surface area contributed by atoms with Crippen LogP contribution in [0.2, 0.25) is 0 Å². The van der Waals surface area contributed by atoms with E-state index in [1.54, 1.807) is 18.2 Å². The summed E-state index contributed by atoms with van der Waals surface area (Å²) >= 11 is 1.44. The Balaban J connectivity index is 2.43. The second kappa shape index (κ2) is 5.24. The van der Waals surface area contributed by atoms with Crippen LogP contribution < -0.4 is 5.73 Å². The zero-order valence-electron chi connectivity index (χ0n) is 9.87. The van der Waals surface area contributed by atoms with Crippen molar-refractivity contribution in [2.75, 3.05) is 0 Å². The van der Waals surface area contributed by atoms with Crippen molar-refractivity contribution in [2.45, 2.75) is 19.4 Å². The third-order valence-electron chi connectivity index (χ3n) is 2.66. The first-order valence-electron chi connectivity index (χ1n) is 5.58. The average Bonchev–Trinajstić information content (AvgIpc) is 2.87. The van der Waals surface area contributed by atoms with E-state index in [0.717, 1.165) is 11.4 Å². The van der Waals surface area contributed by atoms with Gasteiger partial charge in [0.25, 0.3) is 5.69 Å². The highest BCUT2D eigenvalue weighted by atomic mass is 32.1. The first kappa shape index (κ1) is 12.7. The van der Waals surface area contributed by atoms with Gasteiger partial charge in [-0.1, -0.05) is 19.1 Å². The van der Waals surface area contributed by atoms with E-state index in [0.29, 0.717) is 11.3 Å². The summed E-state index contributed by atoms with van der Waals surface area (Å²) in [6, 6.07) is 6.49. The van der Waals surface area contributed by atoms with Gasteiger partial charge in [-0.15, -0.1) is 11.3 Å². The molecule has 18 heavy (non-hydrogen) atoms. The zero-order valence-corrected chi connectivity index (χ0v) is 10.7. The van der Waals surface area contributed by atoms with E-state index in [4.69, 9.17) is 5.73 Å². The van der Waals surface area contributed by atoms with Crippen LogP contribution in [0.15, 0.2) is 29.6 Å². The topological polar surface area (TPSA) is 82.0 Å². The normalized spacial score (nSPS) is 12.3. The first-order chi connectivity index (χ1) is 8.63. The lowest BCUT2D eigenvalue weighted by molar-refractivity contribution is -0.384. The van der Waals surface area contributed by atoms with E-state index in [9.17, 15) is 10.1 Å². The van der Waals surface area contributed by atoms with Gasteiger partial charge in [-0.2, -0.15) is 0 Å². The lowest BCUT2D eigenvalue weighted by atomic mass is 10.1. The number of nitro groups is 1. The van der Waals surface area contributed by atoms with Crippen LogP contribution in [0.25, 0.3) is 11.3 Å². The van der Waals surface area contributed by atoms with Gasteiger partial charge in [0.2, 0.25) is 0 Å². The average molecular weight is 263 g/mol. The smallest absolute Gasteiger partial charge is 0.278 e. The number of para-hydroxylation sites is 1. The molecule has 94 valence electrons. The van der Waals surface area contributed by atoms with Gasteiger partial charge in [-0.05, 0) is 12.5 Å². The Morgan fingerprint density at radius 2 is 2.22 bits per heavy atom. The molecule has 5 nitrogen and oxygen atoms in total. The van der Waals surface area contributed by atoms with Gasteiger partial charge in [-0.3, -0.25) is 10.1 Å². The fourth-order valence-corrected chi connectivity index (χ4v) is 2.51. The van der Waals surface area contributed by atoms with Crippen LogP contribution in [-0.2, 0) is 0 Å². The van der Waals surface area contributed by atoms with E-state index in [1.807, 2.05) is 12.3 Å². The van der Waals surface area contributed by atoms with Crippen LogP contribution in [-0.4, -0.2) is 9.91 Å². The molecule has 6 heteroatoms. The van der Waals surface area contributed by atoms with Crippen LogP contribution in [0.4, 0.5) is 5.69 Å². The standard InChI is InChI=1S/C12H13N3O2S/c1-2-9(13)12-14-10(7-18-12)8-5-3-4-6-11(8)15(16)17/h3-7,9H,2,13H2,1H3. The molecule has 1 heterocycles. The molecule has 0 aliphatic heterocycles. The minimum absolute atomic E-state index is 0.0689. The zero-order chi connectivity index (χ0) is 13.1. The van der Waals surface area contributed by atoms with Crippen molar-refractivity contribution >= 4 is 17.0 Å². The van der Waals surface area contributed by atoms with Crippen LogP contribution >= 0.6 is 11.3 Å². The highest BCUT2D eigenvalue weighted by molar-refractivity contribution is 7.10. The summed E-state index contributed by atoms with van der Waals surface area (Å²) in [6.07, 6.45) is 0.795. The summed E-state index contributed by atoms with van der Waals surface area (Å²) in [4.78, 5) is 14.9. The molecule has 0 spiro atoms. The minimum Gasteiger partial charge on any atom is -0.322 e. The van der Waals surface area contributed by atoms with Crippen molar-refractivity contribution in [3.63, 3.8) is 0 Å². The summed E-state index contributed by atoms with van der Waals surface area (Å²) < 4.78 is 0. The van der Waals surface area contributed by atoms with Crippen molar-refractivity contribution in [2.24, 2.45) is 5.73 Å². The van der Waals surface area contributed by atoms with Crippen molar-refractivity contribution in [1.29, 1.82) is 0 Å². The van der Waals surface area contributed by atoms with E-state index in [-0.39, 0.29) is 11.7 Å². The van der Waals surface area contributed by atoms with E-state index in [2.05, 4.69) is 4.98 Å². The molecule has 2 aromatic rings. The molecule has 0 aliphatic rings. The quantitative estimate of drug-likeness (QED) is 0.678. The molecular formula is C12H13N3O2S. The molecule has 2 N–H and O–H groups in total. The second-order valence-electron chi connectivity index (χ2n) is 3.86. The molecule has 0 bridgehead atoms. The predicted octanol–water partition coefficient (Wildman–Crippen LogP) is 3.13. The van der Waals surface area contributed by atoms with Gasteiger partial charge in [0.15, 0.2) is 0 Å². The number of nitrogens with zero attached hydrogens (tertiary/aromatic N) is 2. The second-order valence-corrected chi connectivity index (χ2v) is 4.75. The Morgan fingerprint density at radius 1 is 1.50 bits per heavy atom. The summed E-state index contributed by atoms with van der Waals surface area (Å²) in [5, 5.41) is 13.6. The SMILES string of the molecule is CCC(N)c1nc(-c2ccccc2[N+](=O)[O-])cs1. The number of thiazole rings is 1. The van der Waals surface area contributed by atoms with E-state index >= 15 is 0 Å².